The van der Waals surface area contributed by atoms with Crippen LogP contribution >= 0.6 is 11.6 Å². The monoisotopic (exact) mass is 344 g/mol. The van der Waals surface area contributed by atoms with Gasteiger partial charge in [-0.3, -0.25) is 4.79 Å². The largest absolute Gasteiger partial charge is 0.474 e. The summed E-state index contributed by atoms with van der Waals surface area (Å²) in [6.45, 7) is -0.389. The standard InChI is InChI=1S/C18H13ClO5/c1-22-15(20)10-23-18-16(21)13-4-2-3-5-14(13)24-17(18)11-6-8-12(19)9-7-11/h2-9H,10H2,1H3. The highest BCUT2D eigenvalue weighted by atomic mass is 35.5. The molecule has 122 valence electrons. The lowest BCUT2D eigenvalue weighted by Crippen LogP contribution is -2.17. The van der Waals surface area contributed by atoms with E-state index in [4.69, 9.17) is 20.8 Å². The molecule has 1 heterocycles. The average Bonchev–Trinajstić information content (AvgIpc) is 2.61. The molecule has 5 nitrogen and oxygen atoms in total. The van der Waals surface area contributed by atoms with Crippen LogP contribution in [0.15, 0.2) is 57.7 Å². The number of ether oxygens (including phenoxy) is 2. The molecule has 24 heavy (non-hydrogen) atoms. The first kappa shape index (κ1) is 16.1. The minimum absolute atomic E-state index is 0.0403. The number of esters is 1. The molecule has 0 aliphatic carbocycles. The van der Waals surface area contributed by atoms with Crippen molar-refractivity contribution in [1.82, 2.24) is 0 Å². The first-order chi connectivity index (χ1) is 11.6. The first-order valence-electron chi connectivity index (χ1n) is 7.11. The SMILES string of the molecule is COC(=O)COc1c(-c2ccc(Cl)cc2)oc2ccccc2c1=O. The Labute approximate surface area is 142 Å². The smallest absolute Gasteiger partial charge is 0.343 e. The van der Waals surface area contributed by atoms with Gasteiger partial charge in [0.1, 0.15) is 5.58 Å². The number of carbonyl (C=O) groups excluding carboxylic acids is 1. The summed E-state index contributed by atoms with van der Waals surface area (Å²) < 4.78 is 15.8. The van der Waals surface area contributed by atoms with Gasteiger partial charge in [0.15, 0.2) is 12.4 Å². The van der Waals surface area contributed by atoms with Crippen molar-refractivity contribution >= 4 is 28.5 Å². The first-order valence-corrected chi connectivity index (χ1v) is 7.49. The third-order valence-electron chi connectivity index (χ3n) is 3.42. The highest BCUT2D eigenvalue weighted by Crippen LogP contribution is 2.31. The van der Waals surface area contributed by atoms with E-state index < -0.39 is 5.97 Å². The van der Waals surface area contributed by atoms with Gasteiger partial charge in [0.2, 0.25) is 11.2 Å². The summed E-state index contributed by atoms with van der Waals surface area (Å²) in [6.07, 6.45) is 0. The highest BCUT2D eigenvalue weighted by Gasteiger charge is 2.18. The number of benzene rings is 2. The lowest BCUT2D eigenvalue weighted by molar-refractivity contribution is -0.142. The maximum Gasteiger partial charge on any atom is 0.343 e. The van der Waals surface area contributed by atoms with Crippen molar-refractivity contribution in [1.29, 1.82) is 0 Å². The van der Waals surface area contributed by atoms with Crippen LogP contribution in [-0.4, -0.2) is 19.7 Å². The molecule has 0 radical (unpaired) electrons. The fourth-order valence-electron chi connectivity index (χ4n) is 2.24. The van der Waals surface area contributed by atoms with Crippen molar-refractivity contribution < 1.29 is 18.7 Å². The second kappa shape index (κ2) is 6.76. The van der Waals surface area contributed by atoms with E-state index in [0.717, 1.165) is 0 Å². The van der Waals surface area contributed by atoms with Crippen molar-refractivity contribution in [3.63, 3.8) is 0 Å². The van der Waals surface area contributed by atoms with Gasteiger partial charge in [-0.1, -0.05) is 23.7 Å². The molecule has 0 N–H and O–H groups in total. The average molecular weight is 345 g/mol. The molecule has 0 bridgehead atoms. The van der Waals surface area contributed by atoms with Crippen LogP contribution in [0.3, 0.4) is 0 Å². The summed E-state index contributed by atoms with van der Waals surface area (Å²) in [5, 5.41) is 0.925. The van der Waals surface area contributed by atoms with Crippen LogP contribution in [0.2, 0.25) is 5.02 Å². The molecule has 0 aliphatic rings. The van der Waals surface area contributed by atoms with Gasteiger partial charge in [-0.15, -0.1) is 0 Å². The molecule has 0 amide bonds. The predicted octanol–water partition coefficient (Wildman–Crippen LogP) is 3.67. The van der Waals surface area contributed by atoms with Crippen LogP contribution in [0.5, 0.6) is 5.75 Å². The van der Waals surface area contributed by atoms with E-state index in [1.807, 2.05) is 0 Å². The van der Waals surface area contributed by atoms with Crippen LogP contribution in [0.1, 0.15) is 0 Å². The molecule has 0 saturated heterocycles. The lowest BCUT2D eigenvalue weighted by Gasteiger charge is -2.11. The maximum absolute atomic E-state index is 12.7. The van der Waals surface area contributed by atoms with Gasteiger partial charge in [0, 0.05) is 10.6 Å². The van der Waals surface area contributed by atoms with Gasteiger partial charge in [-0.05, 0) is 36.4 Å². The Morgan fingerprint density at radius 1 is 1.12 bits per heavy atom. The Kier molecular flexibility index (Phi) is 4.53. The number of hydrogen-bond donors (Lipinski definition) is 0. The van der Waals surface area contributed by atoms with Crippen LogP contribution in [0.25, 0.3) is 22.3 Å². The fraction of sp³-hybridized carbons (Fsp3) is 0.111. The van der Waals surface area contributed by atoms with Crippen LogP contribution in [0, 0.1) is 0 Å². The summed E-state index contributed by atoms with van der Waals surface area (Å²) in [7, 11) is 1.24. The second-order valence-corrected chi connectivity index (χ2v) is 5.39. The molecule has 6 heteroatoms. The van der Waals surface area contributed by atoms with Crippen molar-refractivity contribution in [3.8, 4) is 17.1 Å². The molecule has 0 aliphatic heterocycles. The van der Waals surface area contributed by atoms with Crippen molar-refractivity contribution in [3.05, 3.63) is 63.8 Å². The molecular weight excluding hydrogens is 332 g/mol. The van der Waals surface area contributed by atoms with Gasteiger partial charge >= 0.3 is 5.97 Å². The Hall–Kier alpha value is -2.79. The molecule has 3 rings (SSSR count). The number of hydrogen-bond acceptors (Lipinski definition) is 5. The maximum atomic E-state index is 12.7. The summed E-state index contributed by atoms with van der Waals surface area (Å²) in [5.74, 6) is -0.398. The van der Waals surface area contributed by atoms with Gasteiger partial charge in [0.25, 0.3) is 0 Å². The lowest BCUT2D eigenvalue weighted by atomic mass is 10.1. The van der Waals surface area contributed by atoms with Gasteiger partial charge < -0.3 is 13.9 Å². The molecule has 1 aromatic heterocycles. The van der Waals surface area contributed by atoms with Crippen molar-refractivity contribution in [2.45, 2.75) is 0 Å². The van der Waals surface area contributed by atoms with Crippen LogP contribution in [-0.2, 0) is 9.53 Å². The number of methoxy groups -OCH3 is 1. The third-order valence-corrected chi connectivity index (χ3v) is 3.68. The van der Waals surface area contributed by atoms with Gasteiger partial charge in [-0.2, -0.15) is 0 Å². The minimum Gasteiger partial charge on any atom is -0.474 e. The zero-order valence-corrected chi connectivity index (χ0v) is 13.5. The third kappa shape index (κ3) is 3.12. The molecule has 2 aromatic carbocycles. The summed E-state index contributed by atoms with van der Waals surface area (Å²) in [5.41, 5.74) is 0.686. The summed E-state index contributed by atoms with van der Waals surface area (Å²) >= 11 is 5.90. The Morgan fingerprint density at radius 3 is 2.54 bits per heavy atom. The van der Waals surface area contributed by atoms with Crippen LogP contribution < -0.4 is 10.2 Å². The van der Waals surface area contributed by atoms with E-state index in [9.17, 15) is 9.59 Å². The fourth-order valence-corrected chi connectivity index (χ4v) is 2.36. The summed E-state index contributed by atoms with van der Waals surface area (Å²) in [4.78, 5) is 24.1. The minimum atomic E-state index is -0.593. The summed E-state index contributed by atoms with van der Waals surface area (Å²) in [6, 6.07) is 13.6. The molecule has 0 spiro atoms. The number of para-hydroxylation sites is 1. The molecule has 0 fully saturated rings. The topological polar surface area (TPSA) is 65.7 Å². The molecule has 0 unspecified atom stereocenters. The van der Waals surface area contributed by atoms with E-state index in [-0.39, 0.29) is 23.5 Å². The zero-order valence-electron chi connectivity index (χ0n) is 12.7. The number of rotatable bonds is 4. The Bertz CT molecular complexity index is 944. The van der Waals surface area contributed by atoms with E-state index >= 15 is 0 Å². The Balaban J connectivity index is 2.19. The molecule has 3 aromatic rings. The van der Waals surface area contributed by atoms with Gasteiger partial charge in [-0.25, -0.2) is 4.79 Å². The Morgan fingerprint density at radius 2 is 1.83 bits per heavy atom. The quantitative estimate of drug-likeness (QED) is 0.676. The predicted molar refractivity (Wildman–Crippen MR) is 90.4 cm³/mol. The van der Waals surface area contributed by atoms with Crippen LogP contribution in [0.4, 0.5) is 0 Å². The molecular formula is C18H13ClO5. The normalized spacial score (nSPS) is 10.6. The molecule has 0 atom stereocenters. The zero-order chi connectivity index (χ0) is 17.1. The van der Waals surface area contributed by atoms with Crippen molar-refractivity contribution in [2.75, 3.05) is 13.7 Å². The van der Waals surface area contributed by atoms with Gasteiger partial charge in [0.05, 0.1) is 12.5 Å². The number of halogens is 1. The highest BCUT2D eigenvalue weighted by molar-refractivity contribution is 6.30. The second-order valence-electron chi connectivity index (χ2n) is 4.96. The van der Waals surface area contributed by atoms with E-state index in [0.29, 0.717) is 21.6 Å². The van der Waals surface area contributed by atoms with E-state index in [2.05, 4.69) is 4.74 Å². The number of carbonyl (C=O) groups is 1. The van der Waals surface area contributed by atoms with E-state index in [1.165, 1.54) is 7.11 Å². The van der Waals surface area contributed by atoms with E-state index in [1.54, 1.807) is 48.5 Å². The molecule has 0 saturated carbocycles. The van der Waals surface area contributed by atoms with Crippen molar-refractivity contribution in [2.24, 2.45) is 0 Å². The number of fused-ring (bicyclic) bond motifs is 1.